The predicted molar refractivity (Wildman–Crippen MR) is 87.7 cm³/mol. The first-order valence-electron chi connectivity index (χ1n) is 8.24. The Bertz CT molecular complexity index is 971. The van der Waals surface area contributed by atoms with Crippen LogP contribution in [0.2, 0.25) is 0 Å². The van der Waals surface area contributed by atoms with Gasteiger partial charge >= 0.3 is 5.97 Å². The lowest BCUT2D eigenvalue weighted by Crippen LogP contribution is -2.37. The molecular formula is C14H18N6O8. The fourth-order valence-electron chi connectivity index (χ4n) is 2.85. The SMILES string of the molecule is CCOC(=O)c1nn(CC(N)=O)c2c(=O)n(C3OC(CO)C(O)C3O)nnc12. The van der Waals surface area contributed by atoms with Crippen molar-refractivity contribution in [2.75, 3.05) is 13.2 Å². The summed E-state index contributed by atoms with van der Waals surface area (Å²) in [7, 11) is 0. The van der Waals surface area contributed by atoms with Gasteiger partial charge in [-0.15, -0.1) is 5.10 Å². The monoisotopic (exact) mass is 398 g/mol. The summed E-state index contributed by atoms with van der Waals surface area (Å²) in [6.07, 6.45) is -5.65. The molecule has 28 heavy (non-hydrogen) atoms. The number of hydrogen-bond donors (Lipinski definition) is 4. The van der Waals surface area contributed by atoms with Gasteiger partial charge in [0, 0.05) is 0 Å². The third-order valence-corrected chi connectivity index (χ3v) is 4.11. The van der Waals surface area contributed by atoms with Crippen LogP contribution >= 0.6 is 0 Å². The smallest absolute Gasteiger partial charge is 0.361 e. The quantitative estimate of drug-likeness (QED) is 0.348. The summed E-state index contributed by atoms with van der Waals surface area (Å²) in [6, 6.07) is 0. The first-order chi connectivity index (χ1) is 13.3. The second kappa shape index (κ2) is 7.59. The molecule has 1 fully saturated rings. The maximum atomic E-state index is 12.9. The summed E-state index contributed by atoms with van der Waals surface area (Å²) >= 11 is 0. The van der Waals surface area contributed by atoms with E-state index in [1.54, 1.807) is 6.92 Å². The highest BCUT2D eigenvalue weighted by Gasteiger charge is 2.45. The molecular weight excluding hydrogens is 380 g/mol. The first kappa shape index (κ1) is 19.8. The highest BCUT2D eigenvalue weighted by molar-refractivity contribution is 6.00. The van der Waals surface area contributed by atoms with Gasteiger partial charge in [-0.3, -0.25) is 9.59 Å². The number of hydrogen-bond acceptors (Lipinski definition) is 11. The molecule has 0 radical (unpaired) electrons. The van der Waals surface area contributed by atoms with Crippen LogP contribution in [0.25, 0.3) is 11.0 Å². The van der Waals surface area contributed by atoms with Gasteiger partial charge in [-0.2, -0.15) is 9.78 Å². The van der Waals surface area contributed by atoms with E-state index in [0.29, 0.717) is 4.68 Å². The Hall–Kier alpha value is -2.94. The molecule has 4 unspecified atom stereocenters. The lowest BCUT2D eigenvalue weighted by molar-refractivity contribution is -0.118. The van der Waals surface area contributed by atoms with E-state index in [2.05, 4.69) is 15.4 Å². The summed E-state index contributed by atoms with van der Waals surface area (Å²) < 4.78 is 11.6. The number of carbonyl (C=O) groups excluding carboxylic acids is 2. The van der Waals surface area contributed by atoms with E-state index in [-0.39, 0.29) is 23.3 Å². The van der Waals surface area contributed by atoms with E-state index in [1.165, 1.54) is 0 Å². The van der Waals surface area contributed by atoms with Gasteiger partial charge < -0.3 is 30.5 Å². The van der Waals surface area contributed by atoms with Crippen molar-refractivity contribution in [3.05, 3.63) is 16.0 Å². The molecule has 3 heterocycles. The Labute approximate surface area is 156 Å². The van der Waals surface area contributed by atoms with E-state index >= 15 is 0 Å². The molecule has 0 aromatic carbocycles. The normalized spacial score (nSPS) is 24.6. The average Bonchev–Trinajstić information content (AvgIpc) is 3.14. The highest BCUT2D eigenvalue weighted by Crippen LogP contribution is 2.28. The Balaban J connectivity index is 2.16. The predicted octanol–water partition coefficient (Wildman–Crippen LogP) is -3.74. The lowest BCUT2D eigenvalue weighted by Gasteiger charge is -2.15. The molecule has 14 nitrogen and oxygen atoms in total. The van der Waals surface area contributed by atoms with Crippen molar-refractivity contribution < 1.29 is 34.4 Å². The molecule has 1 saturated heterocycles. The van der Waals surface area contributed by atoms with Gasteiger partial charge in [0.05, 0.1) is 13.2 Å². The van der Waals surface area contributed by atoms with E-state index in [4.69, 9.17) is 15.2 Å². The number of primary amides is 1. The molecule has 14 heteroatoms. The number of aliphatic hydroxyl groups is 3. The molecule has 5 N–H and O–H groups in total. The molecule has 1 amide bonds. The van der Waals surface area contributed by atoms with Gasteiger partial charge in [-0.05, 0) is 6.92 Å². The van der Waals surface area contributed by atoms with Gasteiger partial charge in [0.1, 0.15) is 24.9 Å². The minimum Gasteiger partial charge on any atom is -0.461 e. The second-order valence-corrected chi connectivity index (χ2v) is 5.96. The lowest BCUT2D eigenvalue weighted by atomic mass is 10.1. The third-order valence-electron chi connectivity index (χ3n) is 4.11. The Morgan fingerprint density at radius 3 is 2.61 bits per heavy atom. The number of carbonyl (C=O) groups is 2. The van der Waals surface area contributed by atoms with Crippen LogP contribution in [0.1, 0.15) is 23.6 Å². The van der Waals surface area contributed by atoms with E-state index in [1.807, 2.05) is 0 Å². The number of esters is 1. The minimum atomic E-state index is -1.58. The number of aromatic nitrogens is 5. The molecule has 2 aromatic rings. The highest BCUT2D eigenvalue weighted by atomic mass is 16.6. The molecule has 2 aromatic heterocycles. The molecule has 1 aliphatic rings. The summed E-state index contributed by atoms with van der Waals surface area (Å²) in [5, 5.41) is 40.4. The molecule has 4 atom stereocenters. The van der Waals surface area contributed by atoms with E-state index in [0.717, 1.165) is 4.68 Å². The molecule has 152 valence electrons. The van der Waals surface area contributed by atoms with Crippen molar-refractivity contribution in [3.63, 3.8) is 0 Å². The van der Waals surface area contributed by atoms with E-state index < -0.39 is 55.1 Å². The second-order valence-electron chi connectivity index (χ2n) is 5.96. The molecule has 0 aliphatic carbocycles. The van der Waals surface area contributed by atoms with Gasteiger partial charge in [-0.1, -0.05) is 5.21 Å². The third kappa shape index (κ3) is 3.22. The Morgan fingerprint density at radius 2 is 2.04 bits per heavy atom. The number of nitrogens with two attached hydrogens (primary N) is 1. The van der Waals surface area contributed by atoms with Crippen LogP contribution < -0.4 is 11.3 Å². The van der Waals surface area contributed by atoms with Crippen molar-refractivity contribution in [3.8, 4) is 0 Å². The fourth-order valence-corrected chi connectivity index (χ4v) is 2.85. The van der Waals surface area contributed by atoms with Crippen LogP contribution in [-0.4, -0.2) is 83.5 Å². The average molecular weight is 398 g/mol. The Kier molecular flexibility index (Phi) is 5.37. The van der Waals surface area contributed by atoms with Gasteiger partial charge in [0.2, 0.25) is 5.91 Å². The van der Waals surface area contributed by atoms with Crippen molar-refractivity contribution in [1.82, 2.24) is 24.8 Å². The van der Waals surface area contributed by atoms with Crippen molar-refractivity contribution in [1.29, 1.82) is 0 Å². The number of nitrogens with zero attached hydrogens (tertiary/aromatic N) is 5. The topological polar surface area (TPSA) is 205 Å². The fraction of sp³-hybridized carbons (Fsp3) is 0.571. The zero-order chi connectivity index (χ0) is 20.6. The number of rotatable bonds is 6. The van der Waals surface area contributed by atoms with Crippen LogP contribution in [-0.2, 0) is 20.8 Å². The minimum absolute atomic E-state index is 0.0377. The van der Waals surface area contributed by atoms with Crippen LogP contribution in [0, 0.1) is 0 Å². The standard InChI is InChI=1S/C14H18N6O8/c1-2-27-14(26)8-7-9(19(17-8)3-6(15)22)12(25)20(18-16-7)13-11(24)10(23)5(4-21)28-13/h5,10-11,13,21,23-24H,2-4H2,1H3,(H2,15,22). The zero-order valence-electron chi connectivity index (χ0n) is 14.6. The van der Waals surface area contributed by atoms with Crippen LogP contribution in [0.3, 0.4) is 0 Å². The summed E-state index contributed by atoms with van der Waals surface area (Å²) in [5.74, 6) is -1.72. The molecule has 3 rings (SSSR count). The van der Waals surface area contributed by atoms with Crippen molar-refractivity contribution in [2.24, 2.45) is 5.73 Å². The molecule has 0 spiro atoms. The number of aliphatic hydroxyl groups excluding tert-OH is 3. The van der Waals surface area contributed by atoms with Crippen LogP contribution in [0.5, 0.6) is 0 Å². The van der Waals surface area contributed by atoms with E-state index in [9.17, 15) is 29.7 Å². The summed E-state index contributed by atoms with van der Waals surface area (Å²) in [6.45, 7) is 0.468. The first-order valence-corrected chi connectivity index (χ1v) is 8.24. The van der Waals surface area contributed by atoms with Gasteiger partial charge in [0.15, 0.2) is 23.0 Å². The van der Waals surface area contributed by atoms with Gasteiger partial charge in [0.25, 0.3) is 5.56 Å². The summed E-state index contributed by atoms with van der Waals surface area (Å²) in [4.78, 5) is 36.3. The van der Waals surface area contributed by atoms with Crippen LogP contribution in [0.4, 0.5) is 0 Å². The van der Waals surface area contributed by atoms with Crippen LogP contribution in [0.15, 0.2) is 4.79 Å². The maximum Gasteiger partial charge on any atom is 0.361 e. The Morgan fingerprint density at radius 1 is 1.32 bits per heavy atom. The largest absolute Gasteiger partial charge is 0.461 e. The van der Waals surface area contributed by atoms with Crippen molar-refractivity contribution >= 4 is 22.9 Å². The number of amides is 1. The summed E-state index contributed by atoms with van der Waals surface area (Å²) in [5.41, 5.74) is 3.38. The maximum absolute atomic E-state index is 12.9. The van der Waals surface area contributed by atoms with Gasteiger partial charge in [-0.25, -0.2) is 9.48 Å². The van der Waals surface area contributed by atoms with Crippen molar-refractivity contribution in [2.45, 2.75) is 38.0 Å². The molecule has 1 aliphatic heterocycles. The number of fused-ring (bicyclic) bond motifs is 1. The zero-order valence-corrected chi connectivity index (χ0v) is 14.6. The number of ether oxygens (including phenoxy) is 2. The molecule has 0 saturated carbocycles. The molecule has 0 bridgehead atoms.